The minimum Gasteiger partial charge on any atom is -0.216 e. The number of benzene rings is 2. The molecule has 2 aromatic carbocycles. The largest absolute Gasteiger partial charge is 0.216 e. The molecule has 0 spiro atoms. The first-order chi connectivity index (χ1) is 11.3. The Morgan fingerprint density at radius 2 is 1.78 bits per heavy atom. The lowest BCUT2D eigenvalue weighted by atomic mass is 10.2. The second-order valence-electron chi connectivity index (χ2n) is 5.69. The first kappa shape index (κ1) is 14.5. The normalized spacial score (nSPS) is 14.1. The predicted molar refractivity (Wildman–Crippen MR) is 89.3 cm³/mol. The first-order valence-electron chi connectivity index (χ1n) is 7.69. The quantitative estimate of drug-likeness (QED) is 0.644. The molecule has 116 valence electrons. The number of halogens is 1. The van der Waals surface area contributed by atoms with Crippen molar-refractivity contribution in [3.05, 3.63) is 71.8 Å². The molecule has 0 N–H and O–H groups in total. The molecule has 0 unspecified atom stereocenters. The molecule has 0 saturated heterocycles. The minimum absolute atomic E-state index is 0.207. The van der Waals surface area contributed by atoms with E-state index >= 15 is 0 Å². The molecule has 23 heavy (non-hydrogen) atoms. The van der Waals surface area contributed by atoms with E-state index in [2.05, 4.69) is 17.2 Å². The maximum absolute atomic E-state index is 13.0. The number of hydrogen-bond acceptors (Lipinski definition) is 3. The van der Waals surface area contributed by atoms with Crippen molar-refractivity contribution in [3.8, 4) is 5.69 Å². The van der Waals surface area contributed by atoms with Gasteiger partial charge in [0.25, 0.3) is 0 Å². The van der Waals surface area contributed by atoms with E-state index in [1.54, 1.807) is 23.9 Å². The van der Waals surface area contributed by atoms with Crippen LogP contribution in [0.3, 0.4) is 0 Å². The number of para-hydroxylation sites is 1. The monoisotopic (exact) mass is 325 g/mol. The molecule has 0 bridgehead atoms. The Hall–Kier alpha value is -2.14. The summed E-state index contributed by atoms with van der Waals surface area (Å²) in [5.74, 6) is 2.12. The Kier molecular flexibility index (Phi) is 3.87. The van der Waals surface area contributed by atoms with Crippen molar-refractivity contribution in [2.24, 2.45) is 0 Å². The third kappa shape index (κ3) is 3.29. The molecule has 1 heterocycles. The van der Waals surface area contributed by atoms with Crippen LogP contribution in [0.15, 0.2) is 59.8 Å². The summed E-state index contributed by atoms with van der Waals surface area (Å²) in [4.78, 5) is 4.72. The lowest BCUT2D eigenvalue weighted by molar-refractivity contribution is 0.627. The molecule has 1 aromatic heterocycles. The molecule has 4 rings (SSSR count). The highest BCUT2D eigenvalue weighted by Gasteiger charge is 2.30. The maximum atomic E-state index is 13.0. The second-order valence-corrected chi connectivity index (χ2v) is 6.63. The van der Waals surface area contributed by atoms with Crippen LogP contribution in [-0.4, -0.2) is 14.8 Å². The van der Waals surface area contributed by atoms with Crippen LogP contribution in [0.2, 0.25) is 0 Å². The Bertz CT molecular complexity index is 795. The molecule has 0 aliphatic heterocycles. The van der Waals surface area contributed by atoms with Crippen molar-refractivity contribution in [2.45, 2.75) is 29.7 Å². The van der Waals surface area contributed by atoms with E-state index in [9.17, 15) is 4.39 Å². The Morgan fingerprint density at radius 1 is 1.04 bits per heavy atom. The summed E-state index contributed by atoms with van der Waals surface area (Å²) >= 11 is 1.59. The lowest BCUT2D eigenvalue weighted by Crippen LogP contribution is -2.01. The fourth-order valence-corrected chi connectivity index (χ4v) is 3.24. The molecule has 0 radical (unpaired) electrons. The molecular formula is C18H16FN3S. The molecule has 3 aromatic rings. The number of hydrogen-bond donors (Lipinski definition) is 0. The molecule has 0 atom stereocenters. The van der Waals surface area contributed by atoms with Crippen LogP contribution >= 0.6 is 11.8 Å². The van der Waals surface area contributed by atoms with Gasteiger partial charge in [0.1, 0.15) is 11.6 Å². The van der Waals surface area contributed by atoms with Gasteiger partial charge in [-0.3, -0.25) is 0 Å². The van der Waals surface area contributed by atoms with Gasteiger partial charge in [0, 0.05) is 11.7 Å². The highest BCUT2D eigenvalue weighted by Crippen LogP contribution is 2.40. The Balaban J connectivity index is 1.56. The van der Waals surface area contributed by atoms with E-state index in [-0.39, 0.29) is 5.82 Å². The van der Waals surface area contributed by atoms with Gasteiger partial charge in [0.05, 0.1) is 5.69 Å². The van der Waals surface area contributed by atoms with Gasteiger partial charge >= 0.3 is 0 Å². The lowest BCUT2D eigenvalue weighted by Gasteiger charge is -2.03. The van der Waals surface area contributed by atoms with Gasteiger partial charge in [-0.2, -0.15) is 0 Å². The predicted octanol–water partition coefficient (Wildman–Crippen LogP) is 4.58. The molecule has 1 aliphatic rings. The van der Waals surface area contributed by atoms with Crippen LogP contribution in [0.4, 0.5) is 4.39 Å². The zero-order valence-electron chi connectivity index (χ0n) is 12.5. The standard InChI is InChI=1S/C18H16FN3S/c19-15-10-6-13(7-11-15)12-23-18-20-17(14-8-9-14)22(21-18)16-4-2-1-3-5-16/h1-7,10-11,14H,8-9,12H2. The van der Waals surface area contributed by atoms with Crippen molar-refractivity contribution < 1.29 is 4.39 Å². The number of nitrogens with zero attached hydrogens (tertiary/aromatic N) is 3. The van der Waals surface area contributed by atoms with Crippen LogP contribution in [-0.2, 0) is 5.75 Å². The minimum atomic E-state index is -0.207. The zero-order valence-corrected chi connectivity index (χ0v) is 13.3. The van der Waals surface area contributed by atoms with Gasteiger partial charge in [-0.25, -0.2) is 14.1 Å². The fourth-order valence-electron chi connectivity index (χ4n) is 2.46. The van der Waals surface area contributed by atoms with E-state index in [1.807, 2.05) is 22.9 Å². The highest BCUT2D eigenvalue weighted by molar-refractivity contribution is 7.98. The third-order valence-electron chi connectivity index (χ3n) is 3.84. The SMILES string of the molecule is Fc1ccc(CSc2nc(C3CC3)n(-c3ccccc3)n2)cc1. The summed E-state index contributed by atoms with van der Waals surface area (Å²) in [7, 11) is 0. The topological polar surface area (TPSA) is 30.7 Å². The third-order valence-corrected chi connectivity index (χ3v) is 4.75. The van der Waals surface area contributed by atoms with Gasteiger partial charge in [-0.15, -0.1) is 5.10 Å². The van der Waals surface area contributed by atoms with Crippen LogP contribution in [0, 0.1) is 5.82 Å². The molecule has 5 heteroatoms. The summed E-state index contributed by atoms with van der Waals surface area (Å²) < 4.78 is 14.9. The zero-order chi connectivity index (χ0) is 15.6. The molecular weight excluding hydrogens is 309 g/mol. The van der Waals surface area contributed by atoms with Crippen LogP contribution < -0.4 is 0 Å². The van der Waals surface area contributed by atoms with Crippen LogP contribution in [0.25, 0.3) is 5.69 Å². The van der Waals surface area contributed by atoms with E-state index in [1.165, 1.54) is 25.0 Å². The van der Waals surface area contributed by atoms with E-state index in [0.717, 1.165) is 28.0 Å². The summed E-state index contributed by atoms with van der Waals surface area (Å²) in [6.45, 7) is 0. The van der Waals surface area contributed by atoms with Crippen molar-refractivity contribution >= 4 is 11.8 Å². The van der Waals surface area contributed by atoms with Crippen molar-refractivity contribution in [1.29, 1.82) is 0 Å². The molecule has 3 nitrogen and oxygen atoms in total. The van der Waals surface area contributed by atoms with Crippen molar-refractivity contribution in [3.63, 3.8) is 0 Å². The fraction of sp³-hybridized carbons (Fsp3) is 0.222. The average Bonchev–Trinajstić information content (AvgIpc) is 3.35. The van der Waals surface area contributed by atoms with E-state index < -0.39 is 0 Å². The van der Waals surface area contributed by atoms with Crippen LogP contribution in [0.5, 0.6) is 0 Å². The van der Waals surface area contributed by atoms with Gasteiger partial charge in [-0.1, -0.05) is 42.1 Å². The number of aromatic nitrogens is 3. The highest BCUT2D eigenvalue weighted by atomic mass is 32.2. The number of rotatable bonds is 5. The summed E-state index contributed by atoms with van der Waals surface area (Å²) in [5, 5.41) is 5.45. The van der Waals surface area contributed by atoms with Crippen LogP contribution in [0.1, 0.15) is 30.1 Å². The smallest absolute Gasteiger partial charge is 0.209 e. The van der Waals surface area contributed by atoms with Crippen molar-refractivity contribution in [2.75, 3.05) is 0 Å². The summed E-state index contributed by atoms with van der Waals surface area (Å²) in [6.07, 6.45) is 2.38. The Labute approximate surface area is 138 Å². The van der Waals surface area contributed by atoms with Gasteiger partial charge in [0.15, 0.2) is 0 Å². The van der Waals surface area contributed by atoms with E-state index in [0.29, 0.717) is 5.92 Å². The van der Waals surface area contributed by atoms with Gasteiger partial charge < -0.3 is 0 Å². The summed E-state index contributed by atoms with van der Waals surface area (Å²) in [5.41, 5.74) is 2.12. The van der Waals surface area contributed by atoms with Gasteiger partial charge in [-0.05, 0) is 42.7 Å². The summed E-state index contributed by atoms with van der Waals surface area (Å²) in [6, 6.07) is 16.7. The van der Waals surface area contributed by atoms with Gasteiger partial charge in [0.2, 0.25) is 5.16 Å². The average molecular weight is 325 g/mol. The van der Waals surface area contributed by atoms with E-state index in [4.69, 9.17) is 4.98 Å². The first-order valence-corrected chi connectivity index (χ1v) is 8.68. The second kappa shape index (κ2) is 6.16. The van der Waals surface area contributed by atoms with Crippen molar-refractivity contribution in [1.82, 2.24) is 14.8 Å². The number of thioether (sulfide) groups is 1. The Morgan fingerprint density at radius 3 is 2.48 bits per heavy atom. The molecule has 1 saturated carbocycles. The molecule has 1 aliphatic carbocycles. The molecule has 1 fully saturated rings. The molecule has 0 amide bonds. The maximum Gasteiger partial charge on any atom is 0.209 e.